The molecule has 2 aliphatic rings. The maximum absolute atomic E-state index is 12.1. The molecule has 0 aromatic heterocycles. The second kappa shape index (κ2) is 3.28. The van der Waals surface area contributed by atoms with E-state index in [1.807, 2.05) is 0 Å². The highest BCUT2D eigenvalue weighted by molar-refractivity contribution is 5.87. The first-order valence-electron chi connectivity index (χ1n) is 5.44. The monoisotopic (exact) mass is 178 g/mol. The van der Waals surface area contributed by atoms with Gasteiger partial charge in [-0.1, -0.05) is 25.5 Å². The van der Waals surface area contributed by atoms with Crippen molar-refractivity contribution in [1.29, 1.82) is 0 Å². The van der Waals surface area contributed by atoms with Crippen LogP contribution in [0.2, 0.25) is 0 Å². The zero-order valence-corrected chi connectivity index (χ0v) is 8.38. The van der Waals surface area contributed by atoms with E-state index in [1.165, 1.54) is 6.42 Å². The first kappa shape index (κ1) is 8.98. The fraction of sp³-hybridized carbons (Fsp3) is 0.750. The van der Waals surface area contributed by atoms with Crippen LogP contribution in [0.4, 0.5) is 0 Å². The molecule has 2 atom stereocenters. The second-order valence-corrected chi connectivity index (χ2v) is 4.65. The van der Waals surface area contributed by atoms with Crippen LogP contribution in [0.1, 0.15) is 45.4 Å². The van der Waals surface area contributed by atoms with Gasteiger partial charge in [0, 0.05) is 11.3 Å². The lowest BCUT2D eigenvalue weighted by Gasteiger charge is -2.39. The Kier molecular flexibility index (Phi) is 2.27. The van der Waals surface area contributed by atoms with E-state index in [-0.39, 0.29) is 5.41 Å². The summed E-state index contributed by atoms with van der Waals surface area (Å²) in [5.41, 5.74) is 0.0619. The molecule has 1 nitrogen and oxygen atoms in total. The van der Waals surface area contributed by atoms with Crippen molar-refractivity contribution in [3.05, 3.63) is 12.2 Å². The molecule has 0 aliphatic heterocycles. The van der Waals surface area contributed by atoms with Crippen molar-refractivity contribution in [3.8, 4) is 0 Å². The molecule has 0 aromatic carbocycles. The maximum Gasteiger partial charge on any atom is 0.142 e. The molecule has 2 aliphatic carbocycles. The van der Waals surface area contributed by atoms with Gasteiger partial charge in [0.25, 0.3) is 0 Å². The third-order valence-electron chi connectivity index (χ3n) is 3.73. The van der Waals surface area contributed by atoms with E-state index in [0.717, 1.165) is 32.1 Å². The molecule has 1 fully saturated rings. The summed E-state index contributed by atoms with van der Waals surface area (Å²) in [4.78, 5) is 12.1. The van der Waals surface area contributed by atoms with Gasteiger partial charge in [-0.2, -0.15) is 0 Å². The number of hydrogen-bond acceptors (Lipinski definition) is 1. The predicted molar refractivity (Wildman–Crippen MR) is 53.4 cm³/mol. The third kappa shape index (κ3) is 1.45. The van der Waals surface area contributed by atoms with Crippen molar-refractivity contribution in [1.82, 2.24) is 0 Å². The third-order valence-corrected chi connectivity index (χ3v) is 3.73. The number of carbonyl (C=O) groups excluding carboxylic acids is 1. The minimum absolute atomic E-state index is 0.0619. The molecule has 1 saturated carbocycles. The van der Waals surface area contributed by atoms with Gasteiger partial charge in [-0.05, 0) is 32.1 Å². The van der Waals surface area contributed by atoms with Gasteiger partial charge in [-0.25, -0.2) is 0 Å². The highest BCUT2D eigenvalue weighted by Crippen LogP contribution is 2.44. The lowest BCUT2D eigenvalue weighted by atomic mass is 9.63. The van der Waals surface area contributed by atoms with Crippen LogP contribution in [-0.4, -0.2) is 5.78 Å². The fourth-order valence-corrected chi connectivity index (χ4v) is 2.86. The standard InChI is InChI=1S/C12H18O/c1-10-6-5-9-12(11(10)13)7-3-2-4-8-12/h2-3,10H,4-9H2,1H3. The average Bonchev–Trinajstić information content (AvgIpc) is 2.16. The van der Waals surface area contributed by atoms with Crippen LogP contribution < -0.4 is 0 Å². The molecule has 1 spiro atoms. The van der Waals surface area contributed by atoms with Gasteiger partial charge < -0.3 is 0 Å². The first-order valence-corrected chi connectivity index (χ1v) is 5.44. The van der Waals surface area contributed by atoms with Crippen molar-refractivity contribution in [3.63, 3.8) is 0 Å². The van der Waals surface area contributed by atoms with E-state index >= 15 is 0 Å². The van der Waals surface area contributed by atoms with Gasteiger partial charge >= 0.3 is 0 Å². The zero-order valence-electron chi connectivity index (χ0n) is 8.38. The number of allylic oxidation sites excluding steroid dienone is 2. The van der Waals surface area contributed by atoms with E-state index in [9.17, 15) is 4.79 Å². The van der Waals surface area contributed by atoms with Crippen LogP contribution in [0.5, 0.6) is 0 Å². The summed E-state index contributed by atoms with van der Waals surface area (Å²) in [6.45, 7) is 2.10. The van der Waals surface area contributed by atoms with Crippen molar-refractivity contribution in [2.45, 2.75) is 45.4 Å². The summed E-state index contributed by atoms with van der Waals surface area (Å²) in [6.07, 6.45) is 11.2. The van der Waals surface area contributed by atoms with Crippen molar-refractivity contribution < 1.29 is 4.79 Å². The fourth-order valence-electron chi connectivity index (χ4n) is 2.86. The summed E-state index contributed by atoms with van der Waals surface area (Å²) >= 11 is 0. The Balaban J connectivity index is 2.19. The summed E-state index contributed by atoms with van der Waals surface area (Å²) in [5.74, 6) is 0.864. The van der Waals surface area contributed by atoms with E-state index in [0.29, 0.717) is 11.7 Å². The van der Waals surface area contributed by atoms with Gasteiger partial charge in [-0.15, -0.1) is 0 Å². The molecule has 0 amide bonds. The Bertz CT molecular complexity index is 242. The van der Waals surface area contributed by atoms with E-state index in [4.69, 9.17) is 0 Å². The van der Waals surface area contributed by atoms with E-state index in [2.05, 4.69) is 19.1 Å². The van der Waals surface area contributed by atoms with Crippen LogP contribution in [0.3, 0.4) is 0 Å². The van der Waals surface area contributed by atoms with Crippen molar-refractivity contribution >= 4 is 5.78 Å². The summed E-state index contributed by atoms with van der Waals surface area (Å²) < 4.78 is 0. The molecule has 0 radical (unpaired) electrons. The molecule has 0 saturated heterocycles. The Labute approximate surface area is 80.2 Å². The maximum atomic E-state index is 12.1. The molecule has 72 valence electrons. The number of carbonyl (C=O) groups is 1. The lowest BCUT2D eigenvalue weighted by molar-refractivity contribution is -0.136. The minimum atomic E-state index is 0.0619. The van der Waals surface area contributed by atoms with Crippen LogP contribution in [0, 0.1) is 11.3 Å². The first-order chi connectivity index (χ1) is 6.25. The molecular formula is C12H18O. The van der Waals surface area contributed by atoms with Crippen LogP contribution in [0.25, 0.3) is 0 Å². The lowest BCUT2D eigenvalue weighted by Crippen LogP contribution is -2.39. The van der Waals surface area contributed by atoms with Gasteiger partial charge in [0.15, 0.2) is 0 Å². The summed E-state index contributed by atoms with van der Waals surface area (Å²) in [5, 5.41) is 0. The highest BCUT2D eigenvalue weighted by Gasteiger charge is 2.42. The molecular weight excluding hydrogens is 160 g/mol. The van der Waals surface area contributed by atoms with Gasteiger partial charge in [0.05, 0.1) is 0 Å². The summed E-state index contributed by atoms with van der Waals surface area (Å²) in [6, 6.07) is 0. The highest BCUT2D eigenvalue weighted by atomic mass is 16.1. The van der Waals surface area contributed by atoms with Crippen LogP contribution in [0.15, 0.2) is 12.2 Å². The molecule has 2 rings (SSSR count). The largest absolute Gasteiger partial charge is 0.299 e. The molecule has 1 heteroatoms. The van der Waals surface area contributed by atoms with E-state index < -0.39 is 0 Å². The smallest absolute Gasteiger partial charge is 0.142 e. The SMILES string of the molecule is CC1CCCC2(CC=CCC2)C1=O. The number of rotatable bonds is 0. The number of ketones is 1. The van der Waals surface area contributed by atoms with E-state index in [1.54, 1.807) is 0 Å². The number of hydrogen-bond donors (Lipinski definition) is 0. The molecule has 2 unspecified atom stereocenters. The second-order valence-electron chi connectivity index (χ2n) is 4.65. The van der Waals surface area contributed by atoms with Crippen molar-refractivity contribution in [2.75, 3.05) is 0 Å². The molecule has 0 N–H and O–H groups in total. The topological polar surface area (TPSA) is 17.1 Å². The normalized spacial score (nSPS) is 39.8. The van der Waals surface area contributed by atoms with Gasteiger partial charge in [0.1, 0.15) is 5.78 Å². The van der Waals surface area contributed by atoms with Gasteiger partial charge in [-0.3, -0.25) is 4.79 Å². The Morgan fingerprint density at radius 2 is 2.23 bits per heavy atom. The Hall–Kier alpha value is -0.590. The molecule has 0 bridgehead atoms. The Morgan fingerprint density at radius 1 is 1.38 bits per heavy atom. The predicted octanol–water partition coefficient (Wildman–Crippen LogP) is 3.10. The minimum Gasteiger partial charge on any atom is -0.299 e. The zero-order chi connectivity index (χ0) is 9.31. The quantitative estimate of drug-likeness (QED) is 0.521. The Morgan fingerprint density at radius 3 is 2.92 bits per heavy atom. The molecule has 13 heavy (non-hydrogen) atoms. The van der Waals surface area contributed by atoms with Crippen molar-refractivity contribution in [2.24, 2.45) is 11.3 Å². The molecule has 0 aromatic rings. The summed E-state index contributed by atoms with van der Waals surface area (Å²) in [7, 11) is 0. The van der Waals surface area contributed by atoms with Crippen LogP contribution >= 0.6 is 0 Å². The van der Waals surface area contributed by atoms with Gasteiger partial charge in [0.2, 0.25) is 0 Å². The van der Waals surface area contributed by atoms with Crippen LogP contribution in [-0.2, 0) is 4.79 Å². The average molecular weight is 178 g/mol. The number of Topliss-reactive ketones (excluding diaryl/α,β-unsaturated/α-hetero) is 1. The molecule has 0 heterocycles.